The molecule has 1 aliphatic heterocycles. The predicted octanol–water partition coefficient (Wildman–Crippen LogP) is 1.57. The average Bonchev–Trinajstić information content (AvgIpc) is 3.47. The topological polar surface area (TPSA) is 194 Å². The van der Waals surface area contributed by atoms with Gasteiger partial charge in [0.1, 0.15) is 12.2 Å². The molecule has 6 N–H and O–H groups in total. The Morgan fingerprint density at radius 3 is 1.85 bits per heavy atom. The smallest absolute Gasteiger partial charge is 0.331 e. The fraction of sp³-hybridized carbons (Fsp3) is 0.345. The molecule has 41 heavy (non-hydrogen) atoms. The van der Waals surface area contributed by atoms with Gasteiger partial charge in [-0.15, -0.1) is 0 Å². The van der Waals surface area contributed by atoms with Crippen molar-refractivity contribution in [3.63, 3.8) is 0 Å². The molecule has 1 saturated carbocycles. The lowest BCUT2D eigenvalue weighted by atomic mass is 9.78. The molecule has 218 valence electrons. The molecule has 2 aliphatic rings. The Morgan fingerprint density at radius 2 is 1.32 bits per heavy atom. The number of phenolic OH excluding ortho intramolecular Hbond substituents is 4. The molecule has 4 atom stereocenters. The highest BCUT2D eigenvalue weighted by Gasteiger charge is 2.55. The number of benzene rings is 2. The summed E-state index contributed by atoms with van der Waals surface area (Å²) in [7, 11) is 0. The number of nitrogens with zero attached hydrogens (tertiary/aromatic N) is 1. The van der Waals surface area contributed by atoms with Crippen LogP contribution in [0.1, 0.15) is 36.8 Å². The van der Waals surface area contributed by atoms with Crippen molar-refractivity contribution in [2.45, 2.75) is 49.6 Å². The van der Waals surface area contributed by atoms with E-state index < -0.39 is 66.1 Å². The van der Waals surface area contributed by atoms with Gasteiger partial charge in [-0.2, -0.15) is 0 Å². The van der Waals surface area contributed by atoms with Crippen LogP contribution < -0.4 is 0 Å². The molecule has 0 aromatic heterocycles. The third-order valence-corrected chi connectivity index (χ3v) is 7.01. The van der Waals surface area contributed by atoms with E-state index in [1.165, 1.54) is 53.5 Å². The summed E-state index contributed by atoms with van der Waals surface area (Å²) >= 11 is 0. The summed E-state index contributed by atoms with van der Waals surface area (Å²) < 4.78 is 11.0. The Bertz CT molecular complexity index is 1360. The molecule has 0 bridgehead atoms. The van der Waals surface area contributed by atoms with Crippen LogP contribution in [0.2, 0.25) is 0 Å². The Morgan fingerprint density at radius 1 is 0.780 bits per heavy atom. The maximum Gasteiger partial charge on any atom is 0.331 e. The lowest BCUT2D eigenvalue weighted by Gasteiger charge is -2.44. The van der Waals surface area contributed by atoms with E-state index in [0.29, 0.717) is 24.2 Å². The van der Waals surface area contributed by atoms with Crippen molar-refractivity contribution in [1.29, 1.82) is 0 Å². The first kappa shape index (κ1) is 29.4. The Kier molecular flexibility index (Phi) is 8.84. The largest absolute Gasteiger partial charge is 0.504 e. The average molecular weight is 570 g/mol. The number of ether oxygens (including phenoxy) is 2. The zero-order valence-corrected chi connectivity index (χ0v) is 21.9. The molecule has 12 nitrogen and oxygen atoms in total. The lowest BCUT2D eigenvalue weighted by Crippen LogP contribution is -2.61. The molecule has 1 aliphatic carbocycles. The van der Waals surface area contributed by atoms with Gasteiger partial charge in [0.15, 0.2) is 28.6 Å². The number of esters is 2. The minimum absolute atomic E-state index is 0.339. The fourth-order valence-electron chi connectivity index (χ4n) is 4.89. The van der Waals surface area contributed by atoms with Gasteiger partial charge in [-0.1, -0.05) is 12.1 Å². The minimum atomic E-state index is -1.95. The van der Waals surface area contributed by atoms with E-state index in [-0.39, 0.29) is 11.5 Å². The number of amides is 1. The number of carbonyl (C=O) groups excluding carboxylic acids is 3. The van der Waals surface area contributed by atoms with Crippen molar-refractivity contribution in [2.75, 3.05) is 13.1 Å². The molecule has 2 fully saturated rings. The second kappa shape index (κ2) is 12.3. The van der Waals surface area contributed by atoms with E-state index in [1.54, 1.807) is 0 Å². The van der Waals surface area contributed by atoms with Crippen LogP contribution in [0.5, 0.6) is 23.0 Å². The second-order valence-electron chi connectivity index (χ2n) is 10.0. The van der Waals surface area contributed by atoms with Gasteiger partial charge in [0.2, 0.25) is 0 Å². The van der Waals surface area contributed by atoms with Gasteiger partial charge in [-0.25, -0.2) is 9.59 Å². The SMILES string of the molecule is O=C(/C=C/c1ccc(O)c(O)c1)O[C@@H]1C[C@](OC(=O)/C=C/c2ccc(O)c(O)c2)(C(=O)N2CCCC2)C[C@@H](O)[C@H]1O. The van der Waals surface area contributed by atoms with Crippen molar-refractivity contribution in [3.05, 3.63) is 59.7 Å². The zero-order valence-electron chi connectivity index (χ0n) is 21.9. The molecule has 0 radical (unpaired) electrons. The molecular weight excluding hydrogens is 538 g/mol. The standard InChI is InChI=1S/C29H31NO11/c31-19-7-3-17(13-21(19)33)5-9-25(36)40-24-16-29(15-23(35)27(24)38,28(39)30-11-1-2-12-30)41-26(37)10-6-18-4-8-20(32)22(34)14-18/h3-10,13-14,23-24,27,31-35,38H,1-2,11-12,15-16H2/b9-5+,10-6+/t23-,24-,27-,29+/m1/s1. The molecule has 12 heteroatoms. The van der Waals surface area contributed by atoms with E-state index in [9.17, 15) is 45.0 Å². The number of likely N-dealkylation sites (tertiary alicyclic amines) is 1. The maximum absolute atomic E-state index is 13.6. The van der Waals surface area contributed by atoms with Crippen LogP contribution in [0.4, 0.5) is 0 Å². The van der Waals surface area contributed by atoms with Crippen LogP contribution in [0.3, 0.4) is 0 Å². The first-order valence-electron chi connectivity index (χ1n) is 13.0. The van der Waals surface area contributed by atoms with E-state index in [2.05, 4.69) is 0 Å². The molecule has 4 rings (SSSR count). The van der Waals surface area contributed by atoms with Gasteiger partial charge < -0.3 is 45.0 Å². The summed E-state index contributed by atoms with van der Waals surface area (Å²) in [6, 6.07) is 7.76. The number of hydrogen-bond acceptors (Lipinski definition) is 11. The summed E-state index contributed by atoms with van der Waals surface area (Å²) in [4.78, 5) is 40.6. The highest BCUT2D eigenvalue weighted by Crippen LogP contribution is 2.37. The summed E-state index contributed by atoms with van der Waals surface area (Å²) in [6.45, 7) is 0.818. The monoisotopic (exact) mass is 569 g/mol. The first-order chi connectivity index (χ1) is 19.5. The highest BCUT2D eigenvalue weighted by atomic mass is 16.6. The van der Waals surface area contributed by atoms with Crippen LogP contribution in [0, 0.1) is 0 Å². The number of aliphatic hydroxyl groups is 2. The molecule has 0 unspecified atom stereocenters. The van der Waals surface area contributed by atoms with Crippen molar-refractivity contribution in [1.82, 2.24) is 4.90 Å². The van der Waals surface area contributed by atoms with Crippen LogP contribution in [0.15, 0.2) is 48.6 Å². The van der Waals surface area contributed by atoms with Crippen LogP contribution in [0.25, 0.3) is 12.2 Å². The minimum Gasteiger partial charge on any atom is -0.504 e. The van der Waals surface area contributed by atoms with Crippen LogP contribution >= 0.6 is 0 Å². The van der Waals surface area contributed by atoms with Gasteiger partial charge in [0.25, 0.3) is 5.91 Å². The van der Waals surface area contributed by atoms with Gasteiger partial charge in [0, 0.05) is 38.1 Å². The number of aliphatic hydroxyl groups excluding tert-OH is 2. The normalized spacial score (nSPS) is 24.5. The fourth-order valence-corrected chi connectivity index (χ4v) is 4.89. The van der Waals surface area contributed by atoms with Gasteiger partial charge >= 0.3 is 11.9 Å². The number of carbonyl (C=O) groups is 3. The van der Waals surface area contributed by atoms with Gasteiger partial charge in [-0.05, 0) is 60.4 Å². The quantitative estimate of drug-likeness (QED) is 0.161. The molecule has 1 amide bonds. The number of hydrogen-bond donors (Lipinski definition) is 6. The van der Waals surface area contributed by atoms with Crippen LogP contribution in [-0.2, 0) is 23.9 Å². The van der Waals surface area contributed by atoms with Crippen molar-refractivity contribution < 1.29 is 54.5 Å². The second-order valence-corrected chi connectivity index (χ2v) is 10.0. The van der Waals surface area contributed by atoms with E-state index >= 15 is 0 Å². The Labute approximate surface area is 235 Å². The van der Waals surface area contributed by atoms with E-state index in [0.717, 1.165) is 25.0 Å². The van der Waals surface area contributed by atoms with E-state index in [1.807, 2.05) is 0 Å². The third kappa shape index (κ3) is 6.97. The number of rotatable bonds is 7. The van der Waals surface area contributed by atoms with E-state index in [4.69, 9.17) is 9.47 Å². The molecule has 1 heterocycles. The Hall–Kier alpha value is -4.55. The summed E-state index contributed by atoms with van der Waals surface area (Å²) in [5.74, 6) is -3.94. The summed E-state index contributed by atoms with van der Waals surface area (Å²) in [5, 5.41) is 59.5. The predicted molar refractivity (Wildman–Crippen MR) is 143 cm³/mol. The molecule has 1 saturated heterocycles. The van der Waals surface area contributed by atoms with Crippen molar-refractivity contribution in [2.24, 2.45) is 0 Å². The molecule has 0 spiro atoms. The maximum atomic E-state index is 13.6. The number of phenols is 4. The highest BCUT2D eigenvalue weighted by molar-refractivity contribution is 5.93. The number of aromatic hydroxyl groups is 4. The van der Waals surface area contributed by atoms with Crippen LogP contribution in [-0.4, -0.2) is 90.4 Å². The van der Waals surface area contributed by atoms with Crippen molar-refractivity contribution in [3.8, 4) is 23.0 Å². The third-order valence-electron chi connectivity index (χ3n) is 7.01. The Balaban J connectivity index is 1.54. The summed E-state index contributed by atoms with van der Waals surface area (Å²) in [6.07, 6.45) is 0.679. The first-order valence-corrected chi connectivity index (χ1v) is 13.0. The molecule has 2 aromatic carbocycles. The zero-order chi connectivity index (χ0) is 29.7. The lowest BCUT2D eigenvalue weighted by molar-refractivity contribution is -0.203. The summed E-state index contributed by atoms with van der Waals surface area (Å²) in [5.41, 5.74) is -1.22. The van der Waals surface area contributed by atoms with Gasteiger partial charge in [0.05, 0.1) is 6.10 Å². The van der Waals surface area contributed by atoms with Crippen molar-refractivity contribution >= 4 is 30.0 Å². The molecule has 2 aromatic rings. The molecular formula is C29H31NO11. The van der Waals surface area contributed by atoms with Gasteiger partial charge in [-0.3, -0.25) is 4.79 Å².